The zero-order valence-corrected chi connectivity index (χ0v) is 17.7. The van der Waals surface area contributed by atoms with Crippen LogP contribution in [0.25, 0.3) is 17.1 Å². The highest BCUT2D eigenvalue weighted by atomic mass is 16.1. The van der Waals surface area contributed by atoms with E-state index in [1.54, 1.807) is 12.4 Å². The number of rotatable bonds is 4. The van der Waals surface area contributed by atoms with E-state index in [0.29, 0.717) is 12.4 Å². The lowest BCUT2D eigenvalue weighted by Crippen LogP contribution is -2.35. The Labute approximate surface area is 180 Å². The van der Waals surface area contributed by atoms with Crippen molar-refractivity contribution < 1.29 is 0 Å². The summed E-state index contributed by atoms with van der Waals surface area (Å²) < 4.78 is 2.00. The largest absolute Gasteiger partial charge is 0.306 e. The van der Waals surface area contributed by atoms with Gasteiger partial charge in [-0.05, 0) is 38.1 Å². The molecule has 1 N–H and O–H groups in total. The molecule has 0 spiro atoms. The van der Waals surface area contributed by atoms with Crippen molar-refractivity contribution in [1.29, 1.82) is 0 Å². The van der Waals surface area contributed by atoms with Crippen molar-refractivity contribution in [2.45, 2.75) is 33.4 Å². The number of nitrogens with zero attached hydrogens (tertiary/aromatic N) is 5. The molecule has 0 fully saturated rings. The molecular weight excluding hydrogens is 388 g/mol. The van der Waals surface area contributed by atoms with Gasteiger partial charge in [-0.3, -0.25) is 14.7 Å². The van der Waals surface area contributed by atoms with E-state index in [-0.39, 0.29) is 5.56 Å². The normalized spacial score (nSPS) is 13.9. The van der Waals surface area contributed by atoms with Gasteiger partial charge < -0.3 is 4.98 Å². The Kier molecular flexibility index (Phi) is 4.95. The van der Waals surface area contributed by atoms with Gasteiger partial charge in [0.1, 0.15) is 5.82 Å². The fraction of sp³-hybridized carbons (Fsp3) is 0.250. The summed E-state index contributed by atoms with van der Waals surface area (Å²) in [6, 6.07) is 13.9. The molecule has 5 rings (SSSR count). The van der Waals surface area contributed by atoms with E-state index in [1.165, 1.54) is 5.56 Å². The number of fused-ring (bicyclic) bond motifs is 1. The van der Waals surface area contributed by atoms with E-state index in [9.17, 15) is 4.79 Å². The average molecular weight is 412 g/mol. The number of hydrogen-bond donors (Lipinski definition) is 1. The molecule has 0 bridgehead atoms. The van der Waals surface area contributed by atoms with Gasteiger partial charge in [0.25, 0.3) is 5.56 Å². The molecule has 0 saturated heterocycles. The minimum Gasteiger partial charge on any atom is -0.306 e. The van der Waals surface area contributed by atoms with Crippen molar-refractivity contribution in [1.82, 2.24) is 29.6 Å². The van der Waals surface area contributed by atoms with Gasteiger partial charge in [0.15, 0.2) is 0 Å². The summed E-state index contributed by atoms with van der Waals surface area (Å²) in [7, 11) is 0. The zero-order chi connectivity index (χ0) is 21.4. The molecule has 0 amide bonds. The van der Waals surface area contributed by atoms with Gasteiger partial charge in [0.05, 0.1) is 22.6 Å². The number of benzene rings is 1. The molecular formula is C24H24N6O. The molecule has 0 aliphatic carbocycles. The van der Waals surface area contributed by atoms with Crippen LogP contribution >= 0.6 is 0 Å². The van der Waals surface area contributed by atoms with Gasteiger partial charge in [-0.1, -0.05) is 18.2 Å². The quantitative estimate of drug-likeness (QED) is 0.557. The number of hydrogen-bond acceptors (Lipinski definition) is 5. The summed E-state index contributed by atoms with van der Waals surface area (Å²) in [4.78, 5) is 26.8. The Bertz CT molecular complexity index is 1280. The first-order valence-electron chi connectivity index (χ1n) is 10.5. The van der Waals surface area contributed by atoms with Crippen molar-refractivity contribution in [3.63, 3.8) is 0 Å². The number of pyridine rings is 1. The maximum Gasteiger partial charge on any atom is 0.255 e. The molecule has 1 aliphatic rings. The molecule has 31 heavy (non-hydrogen) atoms. The Morgan fingerprint density at radius 2 is 1.84 bits per heavy atom. The lowest BCUT2D eigenvalue weighted by molar-refractivity contribution is 0.241. The highest BCUT2D eigenvalue weighted by Crippen LogP contribution is 2.23. The second-order valence-corrected chi connectivity index (χ2v) is 7.93. The van der Waals surface area contributed by atoms with Crippen molar-refractivity contribution in [2.24, 2.45) is 0 Å². The van der Waals surface area contributed by atoms with Crippen LogP contribution in [0.2, 0.25) is 0 Å². The number of aromatic amines is 1. The number of H-pyrrole nitrogens is 1. The minimum atomic E-state index is -0.0602. The smallest absolute Gasteiger partial charge is 0.255 e. The molecule has 3 aromatic heterocycles. The molecule has 1 aromatic carbocycles. The second-order valence-electron chi connectivity index (χ2n) is 7.93. The molecule has 4 aromatic rings. The monoisotopic (exact) mass is 412 g/mol. The van der Waals surface area contributed by atoms with Crippen LogP contribution in [0.3, 0.4) is 0 Å². The van der Waals surface area contributed by atoms with Crippen LogP contribution in [0.4, 0.5) is 0 Å². The molecule has 7 heteroatoms. The van der Waals surface area contributed by atoms with Gasteiger partial charge in [-0.25, -0.2) is 9.67 Å². The van der Waals surface area contributed by atoms with Gasteiger partial charge in [0.2, 0.25) is 0 Å². The highest BCUT2D eigenvalue weighted by molar-refractivity contribution is 5.54. The van der Waals surface area contributed by atoms with Crippen molar-refractivity contribution >= 4 is 0 Å². The third kappa shape index (κ3) is 3.68. The maximum absolute atomic E-state index is 12.8. The first-order chi connectivity index (χ1) is 15.1. The molecule has 4 heterocycles. The summed E-state index contributed by atoms with van der Waals surface area (Å²) in [6.45, 7) is 6.36. The third-order valence-electron chi connectivity index (χ3n) is 5.93. The van der Waals surface area contributed by atoms with Crippen LogP contribution in [0.1, 0.15) is 28.2 Å². The van der Waals surface area contributed by atoms with Crippen LogP contribution < -0.4 is 5.56 Å². The van der Waals surface area contributed by atoms with Crippen LogP contribution in [0.5, 0.6) is 0 Å². The molecule has 1 aliphatic heterocycles. The van der Waals surface area contributed by atoms with Crippen molar-refractivity contribution in [2.75, 3.05) is 6.54 Å². The summed E-state index contributed by atoms with van der Waals surface area (Å²) in [5.74, 6) is 0.607. The average Bonchev–Trinajstić information content (AvgIpc) is 3.09. The van der Waals surface area contributed by atoms with E-state index in [1.807, 2.05) is 35.0 Å². The first-order valence-corrected chi connectivity index (χ1v) is 10.5. The van der Waals surface area contributed by atoms with E-state index in [4.69, 9.17) is 10.1 Å². The van der Waals surface area contributed by atoms with Gasteiger partial charge in [-0.15, -0.1) is 0 Å². The fourth-order valence-electron chi connectivity index (χ4n) is 4.21. The maximum atomic E-state index is 12.8. The molecule has 0 atom stereocenters. The molecule has 7 nitrogen and oxygen atoms in total. The Hall–Kier alpha value is -3.58. The second kappa shape index (κ2) is 7.92. The van der Waals surface area contributed by atoms with Crippen LogP contribution in [-0.2, 0) is 19.5 Å². The number of nitrogens with one attached hydrogen (secondary N) is 1. The summed E-state index contributed by atoms with van der Waals surface area (Å²) in [6.07, 6.45) is 4.16. The minimum absolute atomic E-state index is 0.0602. The predicted molar refractivity (Wildman–Crippen MR) is 119 cm³/mol. The van der Waals surface area contributed by atoms with Crippen molar-refractivity contribution in [3.8, 4) is 17.1 Å². The van der Waals surface area contributed by atoms with E-state index >= 15 is 0 Å². The van der Waals surface area contributed by atoms with Gasteiger partial charge >= 0.3 is 0 Å². The zero-order valence-electron chi connectivity index (χ0n) is 17.7. The molecule has 156 valence electrons. The van der Waals surface area contributed by atoms with Crippen molar-refractivity contribution in [3.05, 3.63) is 93.4 Å². The highest BCUT2D eigenvalue weighted by Gasteiger charge is 2.24. The number of aryl methyl sites for hydroxylation is 1. The van der Waals surface area contributed by atoms with Gasteiger partial charge in [-0.2, -0.15) is 5.10 Å². The lowest BCUT2D eigenvalue weighted by atomic mass is 10.0. The lowest BCUT2D eigenvalue weighted by Gasteiger charge is -2.27. The van der Waals surface area contributed by atoms with Crippen LogP contribution in [-0.4, -0.2) is 36.2 Å². The number of aromatic nitrogens is 5. The van der Waals surface area contributed by atoms with Crippen LogP contribution in [0, 0.1) is 13.8 Å². The molecule has 0 saturated carbocycles. The van der Waals surface area contributed by atoms with E-state index in [2.05, 4.69) is 40.8 Å². The summed E-state index contributed by atoms with van der Waals surface area (Å²) in [5.41, 5.74) is 6.89. The SMILES string of the molecule is Cc1nn(-c2ccccc2)c(C)c1CN1CCc2nc(-c3ccncc3)[nH]c(=O)c2C1. The molecule has 0 radical (unpaired) electrons. The van der Waals surface area contributed by atoms with Gasteiger partial charge in [0, 0.05) is 55.3 Å². The Balaban J connectivity index is 1.40. The fourth-order valence-corrected chi connectivity index (χ4v) is 4.21. The van der Waals surface area contributed by atoms with Crippen LogP contribution in [0.15, 0.2) is 59.7 Å². The Morgan fingerprint density at radius 3 is 2.61 bits per heavy atom. The topological polar surface area (TPSA) is 79.7 Å². The van der Waals surface area contributed by atoms with E-state index < -0.39 is 0 Å². The number of para-hydroxylation sites is 1. The molecule has 0 unspecified atom stereocenters. The summed E-state index contributed by atoms with van der Waals surface area (Å²) >= 11 is 0. The summed E-state index contributed by atoms with van der Waals surface area (Å²) in [5, 5.41) is 4.76. The first kappa shape index (κ1) is 19.4. The Morgan fingerprint density at radius 1 is 1.06 bits per heavy atom. The van der Waals surface area contributed by atoms with E-state index in [0.717, 1.165) is 53.4 Å². The predicted octanol–water partition coefficient (Wildman–Crippen LogP) is 3.19. The third-order valence-corrected chi connectivity index (χ3v) is 5.93. The standard InChI is InChI=1S/C24H24N6O/c1-16-20(17(2)30(28-16)19-6-4-3-5-7-19)14-29-13-10-22-21(15-29)24(31)27-23(26-22)18-8-11-25-12-9-18/h3-9,11-12H,10,13-15H2,1-2H3,(H,26,27,31).